The minimum absolute atomic E-state index is 0.127. The molecule has 24 heavy (non-hydrogen) atoms. The number of nitrogens with zero attached hydrogens (tertiary/aromatic N) is 1. The van der Waals surface area contributed by atoms with E-state index < -0.39 is 0 Å². The average Bonchev–Trinajstić information content (AvgIpc) is 2.81. The van der Waals surface area contributed by atoms with Gasteiger partial charge in [0, 0.05) is 36.2 Å². The number of para-hydroxylation sites is 1. The summed E-state index contributed by atoms with van der Waals surface area (Å²) < 4.78 is 1.91. The summed E-state index contributed by atoms with van der Waals surface area (Å²) in [7, 11) is 1.89. The lowest BCUT2D eigenvalue weighted by Gasteiger charge is -2.09. The van der Waals surface area contributed by atoms with Crippen LogP contribution in [-0.2, 0) is 11.8 Å². The highest BCUT2D eigenvalue weighted by atomic mass is 16.2. The van der Waals surface area contributed by atoms with E-state index in [0.29, 0.717) is 17.1 Å². The minimum atomic E-state index is -0.154. The van der Waals surface area contributed by atoms with Crippen LogP contribution < -0.4 is 10.6 Å². The Morgan fingerprint density at radius 3 is 2.08 bits per heavy atom. The van der Waals surface area contributed by atoms with Gasteiger partial charge in [-0.15, -0.1) is 0 Å². The monoisotopic (exact) mass is 321 g/mol. The number of benzene rings is 2. The molecule has 2 N–H and O–H groups in total. The number of aromatic nitrogens is 1. The molecule has 0 bridgehead atoms. The zero-order valence-corrected chi connectivity index (χ0v) is 13.9. The summed E-state index contributed by atoms with van der Waals surface area (Å²) in [6, 6.07) is 15.0. The van der Waals surface area contributed by atoms with Crippen LogP contribution in [0.2, 0.25) is 0 Å². The number of rotatable bonds is 3. The van der Waals surface area contributed by atoms with Crippen LogP contribution in [0.5, 0.6) is 0 Å². The lowest BCUT2D eigenvalue weighted by atomic mass is 10.1. The molecule has 0 aliphatic carbocycles. The Hall–Kier alpha value is -3.08. The summed E-state index contributed by atoms with van der Waals surface area (Å²) in [5, 5.41) is 6.68. The van der Waals surface area contributed by atoms with E-state index in [1.807, 2.05) is 42.8 Å². The van der Waals surface area contributed by atoms with Crippen LogP contribution in [0, 0.1) is 6.92 Å². The third-order valence-electron chi connectivity index (χ3n) is 4.04. The van der Waals surface area contributed by atoms with E-state index >= 15 is 0 Å². The van der Waals surface area contributed by atoms with Crippen LogP contribution in [-0.4, -0.2) is 16.4 Å². The topological polar surface area (TPSA) is 63.1 Å². The number of carbonyl (C=O) groups excluding carboxylic acids is 2. The van der Waals surface area contributed by atoms with E-state index in [2.05, 4.69) is 10.6 Å². The molecule has 0 radical (unpaired) electrons. The van der Waals surface area contributed by atoms with Gasteiger partial charge in [0.05, 0.1) is 0 Å². The van der Waals surface area contributed by atoms with Gasteiger partial charge in [0.1, 0.15) is 5.69 Å². The highest BCUT2D eigenvalue weighted by molar-refractivity contribution is 6.08. The molecule has 0 fully saturated rings. The van der Waals surface area contributed by atoms with Crippen molar-refractivity contribution in [1.29, 1.82) is 0 Å². The van der Waals surface area contributed by atoms with Gasteiger partial charge < -0.3 is 15.2 Å². The van der Waals surface area contributed by atoms with Crippen molar-refractivity contribution in [3.8, 4) is 0 Å². The largest absolute Gasteiger partial charge is 0.339 e. The summed E-state index contributed by atoms with van der Waals surface area (Å²) in [6.07, 6.45) is 0. The molecule has 3 rings (SSSR count). The molecule has 0 aliphatic rings. The maximum Gasteiger partial charge on any atom is 0.272 e. The van der Waals surface area contributed by atoms with Gasteiger partial charge in [-0.05, 0) is 42.8 Å². The standard InChI is InChI=1S/C19H19N3O2/c1-12-16-6-4-5-7-17(16)22(3)18(12)19(24)21-15-10-8-14(9-11-15)20-13(2)23/h4-11H,1-3H3,(H,20,23)(H,21,24). The predicted molar refractivity (Wildman–Crippen MR) is 96.4 cm³/mol. The van der Waals surface area contributed by atoms with Crippen molar-refractivity contribution >= 4 is 34.1 Å². The highest BCUT2D eigenvalue weighted by Crippen LogP contribution is 2.25. The smallest absolute Gasteiger partial charge is 0.272 e. The van der Waals surface area contributed by atoms with Crippen LogP contribution in [0.4, 0.5) is 11.4 Å². The third-order valence-corrected chi connectivity index (χ3v) is 4.04. The summed E-state index contributed by atoms with van der Waals surface area (Å²) in [4.78, 5) is 23.7. The Labute approximate surface area is 140 Å². The quantitative estimate of drug-likeness (QED) is 0.772. The fourth-order valence-corrected chi connectivity index (χ4v) is 2.94. The Morgan fingerprint density at radius 1 is 0.917 bits per heavy atom. The van der Waals surface area contributed by atoms with Crippen molar-refractivity contribution in [2.45, 2.75) is 13.8 Å². The van der Waals surface area contributed by atoms with Gasteiger partial charge in [0.2, 0.25) is 5.91 Å². The number of nitrogens with one attached hydrogen (secondary N) is 2. The van der Waals surface area contributed by atoms with Gasteiger partial charge in [-0.25, -0.2) is 0 Å². The maximum absolute atomic E-state index is 12.7. The Kier molecular flexibility index (Phi) is 4.08. The van der Waals surface area contributed by atoms with E-state index in [1.165, 1.54) is 6.92 Å². The van der Waals surface area contributed by atoms with Crippen molar-refractivity contribution < 1.29 is 9.59 Å². The lowest BCUT2D eigenvalue weighted by molar-refractivity contribution is -0.114. The molecule has 0 saturated carbocycles. The molecule has 0 aliphatic heterocycles. The van der Waals surface area contributed by atoms with Crippen LogP contribution >= 0.6 is 0 Å². The number of hydrogen-bond donors (Lipinski definition) is 2. The predicted octanol–water partition coefficient (Wildman–Crippen LogP) is 3.70. The van der Waals surface area contributed by atoms with Crippen molar-refractivity contribution in [2.24, 2.45) is 7.05 Å². The van der Waals surface area contributed by atoms with Gasteiger partial charge in [-0.1, -0.05) is 18.2 Å². The number of aryl methyl sites for hydroxylation is 2. The van der Waals surface area contributed by atoms with Crippen molar-refractivity contribution in [3.05, 3.63) is 59.8 Å². The van der Waals surface area contributed by atoms with E-state index in [-0.39, 0.29) is 11.8 Å². The second kappa shape index (κ2) is 6.20. The first-order valence-corrected chi connectivity index (χ1v) is 7.70. The fourth-order valence-electron chi connectivity index (χ4n) is 2.94. The first-order valence-electron chi connectivity index (χ1n) is 7.70. The Balaban J connectivity index is 1.86. The molecule has 0 atom stereocenters. The summed E-state index contributed by atoms with van der Waals surface area (Å²) in [5.41, 5.74) is 4.00. The van der Waals surface area contributed by atoms with Gasteiger partial charge >= 0.3 is 0 Å². The van der Waals surface area contributed by atoms with E-state index in [9.17, 15) is 9.59 Å². The van der Waals surface area contributed by atoms with Gasteiger partial charge in [0.15, 0.2) is 0 Å². The van der Waals surface area contributed by atoms with Crippen LogP contribution in [0.25, 0.3) is 10.9 Å². The molecule has 3 aromatic rings. The Bertz CT molecular complexity index is 885. The SMILES string of the molecule is CC(=O)Nc1ccc(NC(=O)c2c(C)c3ccccc3n2C)cc1. The average molecular weight is 321 g/mol. The molecule has 0 saturated heterocycles. The molecular weight excluding hydrogens is 302 g/mol. The van der Waals surface area contributed by atoms with Crippen LogP contribution in [0.15, 0.2) is 48.5 Å². The number of carbonyl (C=O) groups is 2. The number of fused-ring (bicyclic) bond motifs is 1. The molecule has 2 amide bonds. The zero-order valence-electron chi connectivity index (χ0n) is 13.9. The van der Waals surface area contributed by atoms with E-state index in [4.69, 9.17) is 0 Å². The second-order valence-electron chi connectivity index (χ2n) is 5.76. The highest BCUT2D eigenvalue weighted by Gasteiger charge is 2.18. The van der Waals surface area contributed by atoms with E-state index in [0.717, 1.165) is 16.5 Å². The lowest BCUT2D eigenvalue weighted by Crippen LogP contribution is -2.16. The van der Waals surface area contributed by atoms with Crippen molar-refractivity contribution in [2.75, 3.05) is 10.6 Å². The van der Waals surface area contributed by atoms with Crippen LogP contribution in [0.1, 0.15) is 23.0 Å². The number of amides is 2. The number of anilines is 2. The number of hydrogen-bond acceptors (Lipinski definition) is 2. The first-order chi connectivity index (χ1) is 11.5. The third kappa shape index (κ3) is 2.88. The summed E-state index contributed by atoms with van der Waals surface area (Å²) >= 11 is 0. The second-order valence-corrected chi connectivity index (χ2v) is 5.76. The molecular formula is C19H19N3O2. The molecule has 122 valence electrons. The molecule has 0 spiro atoms. The van der Waals surface area contributed by atoms with Gasteiger partial charge in [-0.3, -0.25) is 9.59 Å². The van der Waals surface area contributed by atoms with Gasteiger partial charge in [-0.2, -0.15) is 0 Å². The Morgan fingerprint density at radius 2 is 1.50 bits per heavy atom. The molecule has 5 heteroatoms. The summed E-state index contributed by atoms with van der Waals surface area (Å²) in [6.45, 7) is 3.41. The molecule has 1 aromatic heterocycles. The maximum atomic E-state index is 12.7. The normalized spacial score (nSPS) is 10.6. The van der Waals surface area contributed by atoms with Crippen molar-refractivity contribution in [1.82, 2.24) is 4.57 Å². The zero-order chi connectivity index (χ0) is 17.3. The minimum Gasteiger partial charge on any atom is -0.339 e. The molecule has 0 unspecified atom stereocenters. The van der Waals surface area contributed by atoms with E-state index in [1.54, 1.807) is 24.3 Å². The van der Waals surface area contributed by atoms with Gasteiger partial charge in [0.25, 0.3) is 5.91 Å². The van der Waals surface area contributed by atoms with Crippen LogP contribution in [0.3, 0.4) is 0 Å². The molecule has 5 nitrogen and oxygen atoms in total. The van der Waals surface area contributed by atoms with Crippen molar-refractivity contribution in [3.63, 3.8) is 0 Å². The fraction of sp³-hybridized carbons (Fsp3) is 0.158. The first kappa shape index (κ1) is 15.8. The molecule has 1 heterocycles. The summed E-state index contributed by atoms with van der Waals surface area (Å²) in [5.74, 6) is -0.281. The molecule has 2 aromatic carbocycles.